The van der Waals surface area contributed by atoms with Crippen LogP contribution in [-0.2, 0) is 0 Å². The summed E-state index contributed by atoms with van der Waals surface area (Å²) in [5.74, 6) is -1.59. The minimum absolute atomic E-state index is 0.0263. The minimum Gasteiger partial charge on any atom is -0.504 e. The Morgan fingerprint density at radius 2 is 1.96 bits per heavy atom. The number of carboxylic acid groups (broad SMARTS) is 1. The predicted octanol–water partition coefficient (Wildman–Crippen LogP) is 3.36. The number of azo groups is 1. The summed E-state index contributed by atoms with van der Waals surface area (Å²) in [7, 11) is 0. The largest absolute Gasteiger partial charge is 0.504 e. The fourth-order valence-electron chi connectivity index (χ4n) is 2.17. The molecule has 1 aromatic carbocycles. The van der Waals surface area contributed by atoms with Crippen LogP contribution >= 0.6 is 0 Å². The molecule has 2 heterocycles. The van der Waals surface area contributed by atoms with Crippen molar-refractivity contribution in [1.29, 1.82) is 0 Å². The molecule has 0 saturated heterocycles. The van der Waals surface area contributed by atoms with Crippen LogP contribution < -0.4 is 0 Å². The summed E-state index contributed by atoms with van der Waals surface area (Å²) in [4.78, 5) is 26.6. The van der Waals surface area contributed by atoms with Gasteiger partial charge >= 0.3 is 5.97 Å². The Morgan fingerprint density at radius 3 is 2.67 bits per heavy atom. The van der Waals surface area contributed by atoms with Crippen molar-refractivity contribution in [2.24, 2.45) is 10.2 Å². The molecular weight excluding hydrogens is 312 g/mol. The number of hydrogen-bond acceptors (Lipinski definition) is 6. The van der Waals surface area contributed by atoms with Crippen molar-refractivity contribution in [2.45, 2.75) is 6.92 Å². The third-order valence-corrected chi connectivity index (χ3v) is 3.32. The van der Waals surface area contributed by atoms with E-state index in [4.69, 9.17) is 0 Å². The first-order valence-electron chi connectivity index (χ1n) is 6.93. The molecule has 0 fully saturated rings. The molecule has 8 nitrogen and oxygen atoms in total. The SMILES string of the molecule is CC(=O)c1cccc(N=Nc2c(C(=O)O)nc3c(O)cccn23)c1. The summed E-state index contributed by atoms with van der Waals surface area (Å²) in [5, 5.41) is 27.0. The van der Waals surface area contributed by atoms with E-state index in [1.54, 1.807) is 24.3 Å². The van der Waals surface area contributed by atoms with E-state index in [1.165, 1.54) is 29.7 Å². The second-order valence-electron chi connectivity index (χ2n) is 4.98. The Balaban J connectivity index is 2.11. The second kappa shape index (κ2) is 5.92. The van der Waals surface area contributed by atoms with Gasteiger partial charge in [-0.3, -0.25) is 9.20 Å². The second-order valence-corrected chi connectivity index (χ2v) is 4.98. The van der Waals surface area contributed by atoms with Gasteiger partial charge in [0.15, 0.2) is 28.7 Å². The summed E-state index contributed by atoms with van der Waals surface area (Å²) in [6.45, 7) is 1.44. The number of ketones is 1. The van der Waals surface area contributed by atoms with E-state index in [0.29, 0.717) is 11.3 Å². The van der Waals surface area contributed by atoms with Gasteiger partial charge in [0.05, 0.1) is 5.69 Å². The Kier molecular flexibility index (Phi) is 3.78. The number of Topliss-reactive ketones (excluding diaryl/α,β-unsaturated/α-hetero) is 1. The number of imidazole rings is 1. The number of rotatable bonds is 4. The number of aromatic hydroxyl groups is 1. The highest BCUT2D eigenvalue weighted by molar-refractivity contribution is 5.94. The first kappa shape index (κ1) is 15.3. The number of carboxylic acids is 1. The molecule has 0 aliphatic carbocycles. The topological polar surface area (TPSA) is 117 Å². The third kappa shape index (κ3) is 2.72. The Morgan fingerprint density at radius 1 is 1.17 bits per heavy atom. The Bertz CT molecular complexity index is 991. The van der Waals surface area contributed by atoms with E-state index in [1.807, 2.05) is 0 Å². The normalized spacial score (nSPS) is 11.2. The molecule has 8 heteroatoms. The maximum absolute atomic E-state index is 11.4. The summed E-state index contributed by atoms with van der Waals surface area (Å²) >= 11 is 0. The number of carbonyl (C=O) groups is 2. The van der Waals surface area contributed by atoms with E-state index < -0.39 is 5.97 Å². The van der Waals surface area contributed by atoms with Crippen LogP contribution in [0.15, 0.2) is 52.8 Å². The molecule has 0 radical (unpaired) electrons. The highest BCUT2D eigenvalue weighted by atomic mass is 16.4. The molecule has 24 heavy (non-hydrogen) atoms. The molecule has 3 rings (SSSR count). The van der Waals surface area contributed by atoms with Crippen LogP contribution in [-0.4, -0.2) is 31.4 Å². The number of pyridine rings is 1. The molecule has 0 bridgehead atoms. The van der Waals surface area contributed by atoms with Gasteiger partial charge in [0.25, 0.3) is 0 Å². The van der Waals surface area contributed by atoms with Crippen molar-refractivity contribution >= 4 is 28.9 Å². The zero-order valence-electron chi connectivity index (χ0n) is 12.5. The number of hydrogen-bond donors (Lipinski definition) is 2. The van der Waals surface area contributed by atoms with E-state index in [2.05, 4.69) is 15.2 Å². The molecule has 0 atom stereocenters. The first-order chi connectivity index (χ1) is 11.5. The molecule has 0 unspecified atom stereocenters. The third-order valence-electron chi connectivity index (χ3n) is 3.32. The average Bonchev–Trinajstić information content (AvgIpc) is 2.93. The summed E-state index contributed by atoms with van der Waals surface area (Å²) in [6, 6.07) is 9.42. The number of aromatic carboxylic acids is 1. The Hall–Kier alpha value is -3.55. The summed E-state index contributed by atoms with van der Waals surface area (Å²) < 4.78 is 1.33. The molecular formula is C16H12N4O4. The van der Waals surface area contributed by atoms with Crippen molar-refractivity contribution in [3.8, 4) is 5.75 Å². The van der Waals surface area contributed by atoms with Gasteiger partial charge in [0.2, 0.25) is 0 Å². The van der Waals surface area contributed by atoms with Gasteiger partial charge in [-0.15, -0.1) is 10.2 Å². The Labute approximate surface area is 135 Å². The standard InChI is InChI=1S/C16H12N4O4/c1-9(21)10-4-2-5-11(8-10)18-19-15-13(16(23)24)17-14-12(22)6-3-7-20(14)15/h2-8,22H,1H3,(H,23,24). The average molecular weight is 324 g/mol. The van der Waals surface area contributed by atoms with Gasteiger partial charge in [-0.2, -0.15) is 0 Å². The predicted molar refractivity (Wildman–Crippen MR) is 84.4 cm³/mol. The van der Waals surface area contributed by atoms with Crippen molar-refractivity contribution in [2.75, 3.05) is 0 Å². The van der Waals surface area contributed by atoms with E-state index in [0.717, 1.165) is 0 Å². The fourth-order valence-corrected chi connectivity index (χ4v) is 2.17. The van der Waals surface area contributed by atoms with Gasteiger partial charge < -0.3 is 10.2 Å². The van der Waals surface area contributed by atoms with Crippen LogP contribution in [0.5, 0.6) is 5.75 Å². The molecule has 0 amide bonds. The highest BCUT2D eigenvalue weighted by Gasteiger charge is 2.19. The van der Waals surface area contributed by atoms with Crippen molar-refractivity contribution in [3.63, 3.8) is 0 Å². The summed E-state index contributed by atoms with van der Waals surface area (Å²) in [6.07, 6.45) is 1.52. The number of benzene rings is 1. The molecule has 0 aliphatic heterocycles. The number of aromatic nitrogens is 2. The quantitative estimate of drug-likeness (QED) is 0.564. The van der Waals surface area contributed by atoms with E-state index in [9.17, 15) is 19.8 Å². The van der Waals surface area contributed by atoms with Crippen molar-refractivity contribution in [1.82, 2.24) is 9.38 Å². The monoisotopic (exact) mass is 324 g/mol. The molecule has 2 aromatic heterocycles. The van der Waals surface area contributed by atoms with Crippen molar-refractivity contribution in [3.05, 3.63) is 53.9 Å². The highest BCUT2D eigenvalue weighted by Crippen LogP contribution is 2.28. The molecule has 0 saturated carbocycles. The maximum atomic E-state index is 11.4. The maximum Gasteiger partial charge on any atom is 0.358 e. The molecule has 0 aliphatic rings. The first-order valence-corrected chi connectivity index (χ1v) is 6.93. The summed E-state index contributed by atoms with van der Waals surface area (Å²) in [5.41, 5.74) is 0.610. The van der Waals surface area contributed by atoms with Gasteiger partial charge in [-0.05, 0) is 31.2 Å². The van der Waals surface area contributed by atoms with Crippen molar-refractivity contribution < 1.29 is 19.8 Å². The van der Waals surface area contributed by atoms with Crippen LogP contribution in [0.1, 0.15) is 27.8 Å². The van der Waals surface area contributed by atoms with E-state index in [-0.39, 0.29) is 28.7 Å². The molecule has 0 spiro atoms. The fraction of sp³-hybridized carbons (Fsp3) is 0.0625. The van der Waals surface area contributed by atoms with Gasteiger partial charge in [-0.25, -0.2) is 9.78 Å². The van der Waals surface area contributed by atoms with Crippen LogP contribution in [0, 0.1) is 0 Å². The lowest BCUT2D eigenvalue weighted by atomic mass is 10.1. The van der Waals surface area contributed by atoms with Crippen LogP contribution in [0.25, 0.3) is 5.65 Å². The minimum atomic E-state index is -1.29. The van der Waals surface area contributed by atoms with Crippen LogP contribution in [0.2, 0.25) is 0 Å². The molecule has 120 valence electrons. The molecule has 3 aromatic rings. The van der Waals surface area contributed by atoms with Crippen LogP contribution in [0.3, 0.4) is 0 Å². The number of fused-ring (bicyclic) bond motifs is 1. The lowest BCUT2D eigenvalue weighted by molar-refractivity contribution is 0.0692. The zero-order valence-corrected chi connectivity index (χ0v) is 12.5. The van der Waals surface area contributed by atoms with Crippen LogP contribution in [0.4, 0.5) is 11.5 Å². The van der Waals surface area contributed by atoms with E-state index >= 15 is 0 Å². The van der Waals surface area contributed by atoms with Gasteiger partial charge in [0.1, 0.15) is 0 Å². The van der Waals surface area contributed by atoms with Gasteiger partial charge in [0, 0.05) is 11.8 Å². The lowest BCUT2D eigenvalue weighted by Crippen LogP contribution is -1.96. The number of nitrogens with zero attached hydrogens (tertiary/aromatic N) is 4. The molecule has 2 N–H and O–H groups in total. The van der Waals surface area contributed by atoms with Gasteiger partial charge in [-0.1, -0.05) is 12.1 Å². The zero-order chi connectivity index (χ0) is 17.3. The number of carbonyl (C=O) groups excluding carboxylic acids is 1. The smallest absolute Gasteiger partial charge is 0.358 e. The lowest BCUT2D eigenvalue weighted by Gasteiger charge is -1.99.